The summed E-state index contributed by atoms with van der Waals surface area (Å²) in [5, 5.41) is 7.75. The van der Waals surface area contributed by atoms with Crippen molar-refractivity contribution in [3.63, 3.8) is 0 Å². The van der Waals surface area contributed by atoms with E-state index < -0.39 is 0 Å². The van der Waals surface area contributed by atoms with Gasteiger partial charge in [-0.2, -0.15) is 5.10 Å². The first-order valence-electron chi connectivity index (χ1n) is 7.71. The summed E-state index contributed by atoms with van der Waals surface area (Å²) in [4.78, 5) is 16.9. The molecule has 3 rings (SSSR count). The fraction of sp³-hybridized carbons (Fsp3) is 0.353. The van der Waals surface area contributed by atoms with Crippen LogP contribution in [-0.4, -0.2) is 20.7 Å². The van der Waals surface area contributed by atoms with Gasteiger partial charge in [-0.05, 0) is 37.5 Å². The summed E-state index contributed by atoms with van der Waals surface area (Å²) in [5.74, 6) is 0.167. The van der Waals surface area contributed by atoms with Crippen molar-refractivity contribution in [2.24, 2.45) is 0 Å². The molecule has 3 aromatic rings. The molecule has 1 aromatic carbocycles. The quantitative estimate of drug-likeness (QED) is 0.769. The van der Waals surface area contributed by atoms with E-state index in [0.717, 1.165) is 10.2 Å². The molecule has 1 N–H and O–H groups in total. The van der Waals surface area contributed by atoms with Crippen LogP contribution in [0.2, 0.25) is 0 Å². The molecule has 120 valence electrons. The average molecular weight is 328 g/mol. The van der Waals surface area contributed by atoms with E-state index in [1.807, 2.05) is 32.2 Å². The molecule has 0 saturated heterocycles. The molecule has 0 saturated carbocycles. The minimum atomic E-state index is -0.227. The molecular formula is C17H20N4OS. The Balaban J connectivity index is 1.86. The highest BCUT2D eigenvalue weighted by molar-refractivity contribution is 7.22. The van der Waals surface area contributed by atoms with Crippen molar-refractivity contribution < 1.29 is 4.79 Å². The lowest BCUT2D eigenvalue weighted by Crippen LogP contribution is -2.13. The standard InChI is InChI=1S/C17H20N4OS/c1-10(2)12-6-5-7-14-15(12)18-17(23-14)19-16(22)13-8-9-21(20-13)11(3)4/h5-11H,1-4H3,(H,18,19,22). The second-order valence-corrected chi connectivity index (χ2v) is 7.13. The highest BCUT2D eigenvalue weighted by atomic mass is 32.1. The van der Waals surface area contributed by atoms with Crippen molar-refractivity contribution in [2.45, 2.75) is 39.7 Å². The molecule has 5 nitrogen and oxygen atoms in total. The van der Waals surface area contributed by atoms with Gasteiger partial charge in [0.25, 0.3) is 5.91 Å². The second kappa shape index (κ2) is 6.12. The predicted octanol–water partition coefficient (Wildman–Crippen LogP) is 4.45. The Labute approximate surface area is 139 Å². The van der Waals surface area contributed by atoms with Crippen molar-refractivity contribution in [1.82, 2.24) is 14.8 Å². The molecule has 2 heterocycles. The number of thiazole rings is 1. The van der Waals surface area contributed by atoms with Crippen LogP contribution in [-0.2, 0) is 0 Å². The molecule has 0 radical (unpaired) electrons. The minimum absolute atomic E-state index is 0.227. The van der Waals surface area contributed by atoms with Crippen LogP contribution >= 0.6 is 11.3 Å². The van der Waals surface area contributed by atoms with Gasteiger partial charge in [0.1, 0.15) is 0 Å². The van der Waals surface area contributed by atoms with E-state index in [1.54, 1.807) is 10.7 Å². The lowest BCUT2D eigenvalue weighted by Gasteiger charge is -2.04. The maximum Gasteiger partial charge on any atom is 0.277 e. The normalized spacial score (nSPS) is 11.6. The highest BCUT2D eigenvalue weighted by Gasteiger charge is 2.15. The third kappa shape index (κ3) is 3.12. The Morgan fingerprint density at radius 1 is 1.22 bits per heavy atom. The van der Waals surface area contributed by atoms with Gasteiger partial charge in [-0.3, -0.25) is 14.8 Å². The summed E-state index contributed by atoms with van der Waals surface area (Å²) in [6, 6.07) is 8.10. The number of carbonyl (C=O) groups excluding carboxylic acids is 1. The molecule has 0 unspecified atom stereocenters. The zero-order valence-corrected chi connectivity index (χ0v) is 14.5. The first kappa shape index (κ1) is 15.7. The van der Waals surface area contributed by atoms with E-state index in [0.29, 0.717) is 16.7 Å². The van der Waals surface area contributed by atoms with E-state index in [9.17, 15) is 4.79 Å². The van der Waals surface area contributed by atoms with Crippen LogP contribution in [0.5, 0.6) is 0 Å². The van der Waals surface area contributed by atoms with Gasteiger partial charge in [-0.15, -0.1) is 0 Å². The summed E-state index contributed by atoms with van der Waals surface area (Å²) < 4.78 is 2.85. The van der Waals surface area contributed by atoms with Gasteiger partial charge in [0, 0.05) is 12.2 Å². The third-order valence-corrected chi connectivity index (χ3v) is 4.60. The van der Waals surface area contributed by atoms with Crippen LogP contribution in [0.4, 0.5) is 5.13 Å². The molecule has 0 bridgehead atoms. The number of aromatic nitrogens is 3. The molecular weight excluding hydrogens is 308 g/mol. The molecule has 2 aromatic heterocycles. The predicted molar refractivity (Wildman–Crippen MR) is 94.3 cm³/mol. The number of anilines is 1. The zero-order valence-electron chi connectivity index (χ0n) is 13.7. The number of para-hydroxylation sites is 1. The third-order valence-electron chi connectivity index (χ3n) is 3.66. The highest BCUT2D eigenvalue weighted by Crippen LogP contribution is 2.31. The molecule has 0 aliphatic carbocycles. The van der Waals surface area contributed by atoms with Crippen LogP contribution in [0.25, 0.3) is 10.2 Å². The summed E-state index contributed by atoms with van der Waals surface area (Å²) >= 11 is 1.49. The van der Waals surface area contributed by atoms with Gasteiger partial charge in [-0.1, -0.05) is 37.3 Å². The molecule has 0 aliphatic heterocycles. The molecule has 0 spiro atoms. The second-order valence-electron chi connectivity index (χ2n) is 6.10. The largest absolute Gasteiger partial charge is 0.296 e. The number of nitrogens with zero attached hydrogens (tertiary/aromatic N) is 3. The van der Waals surface area contributed by atoms with Gasteiger partial charge >= 0.3 is 0 Å². The molecule has 6 heteroatoms. The smallest absolute Gasteiger partial charge is 0.277 e. The number of fused-ring (bicyclic) bond motifs is 1. The Hall–Kier alpha value is -2.21. The van der Waals surface area contributed by atoms with Crippen molar-refractivity contribution in [3.05, 3.63) is 41.7 Å². The van der Waals surface area contributed by atoms with Crippen LogP contribution in [0.15, 0.2) is 30.5 Å². The van der Waals surface area contributed by atoms with Gasteiger partial charge in [-0.25, -0.2) is 4.98 Å². The number of hydrogen-bond donors (Lipinski definition) is 1. The first-order chi connectivity index (χ1) is 11.0. The van der Waals surface area contributed by atoms with E-state index in [2.05, 4.69) is 35.3 Å². The van der Waals surface area contributed by atoms with Crippen LogP contribution < -0.4 is 5.32 Å². The summed E-state index contributed by atoms with van der Waals surface area (Å²) in [6.07, 6.45) is 1.81. The Kier molecular flexibility index (Phi) is 4.17. The van der Waals surface area contributed by atoms with E-state index >= 15 is 0 Å². The maximum atomic E-state index is 12.3. The van der Waals surface area contributed by atoms with Crippen LogP contribution in [0.1, 0.15) is 55.7 Å². The van der Waals surface area contributed by atoms with Crippen molar-refractivity contribution in [1.29, 1.82) is 0 Å². The average Bonchev–Trinajstić information content (AvgIpc) is 3.12. The number of carbonyl (C=O) groups is 1. The molecule has 23 heavy (non-hydrogen) atoms. The number of rotatable bonds is 4. The van der Waals surface area contributed by atoms with Gasteiger partial charge in [0.05, 0.1) is 10.2 Å². The van der Waals surface area contributed by atoms with Gasteiger partial charge in [0.15, 0.2) is 10.8 Å². The number of amides is 1. The van der Waals surface area contributed by atoms with Crippen molar-refractivity contribution in [3.8, 4) is 0 Å². The fourth-order valence-corrected chi connectivity index (χ4v) is 3.29. The topological polar surface area (TPSA) is 59.8 Å². The maximum absolute atomic E-state index is 12.3. The summed E-state index contributed by atoms with van der Waals surface area (Å²) in [6.45, 7) is 8.33. The monoisotopic (exact) mass is 328 g/mol. The SMILES string of the molecule is CC(C)c1cccc2sc(NC(=O)c3ccn(C(C)C)n3)nc12. The molecule has 0 aliphatic rings. The van der Waals surface area contributed by atoms with Crippen LogP contribution in [0.3, 0.4) is 0 Å². The summed E-state index contributed by atoms with van der Waals surface area (Å²) in [5.41, 5.74) is 2.57. The van der Waals surface area contributed by atoms with E-state index in [4.69, 9.17) is 0 Å². The zero-order chi connectivity index (χ0) is 16.6. The van der Waals surface area contributed by atoms with Crippen molar-refractivity contribution >= 4 is 32.6 Å². The Bertz CT molecular complexity index is 847. The van der Waals surface area contributed by atoms with Gasteiger partial charge < -0.3 is 0 Å². The molecule has 0 atom stereocenters. The lowest BCUT2D eigenvalue weighted by molar-refractivity contribution is 0.102. The lowest BCUT2D eigenvalue weighted by atomic mass is 10.0. The van der Waals surface area contributed by atoms with Crippen LogP contribution in [0, 0.1) is 0 Å². The summed E-state index contributed by atoms with van der Waals surface area (Å²) in [7, 11) is 0. The Morgan fingerprint density at radius 3 is 2.65 bits per heavy atom. The molecule has 0 fully saturated rings. The number of hydrogen-bond acceptors (Lipinski definition) is 4. The Morgan fingerprint density at radius 2 is 2.00 bits per heavy atom. The number of nitrogens with one attached hydrogen (secondary N) is 1. The molecule has 1 amide bonds. The fourth-order valence-electron chi connectivity index (χ4n) is 2.40. The minimum Gasteiger partial charge on any atom is -0.296 e. The van der Waals surface area contributed by atoms with E-state index in [1.165, 1.54) is 16.9 Å². The number of benzene rings is 1. The van der Waals surface area contributed by atoms with E-state index in [-0.39, 0.29) is 11.9 Å². The van der Waals surface area contributed by atoms with Crippen molar-refractivity contribution in [2.75, 3.05) is 5.32 Å². The first-order valence-corrected chi connectivity index (χ1v) is 8.53. The van der Waals surface area contributed by atoms with Gasteiger partial charge in [0.2, 0.25) is 0 Å².